The van der Waals surface area contributed by atoms with E-state index >= 15 is 0 Å². The van der Waals surface area contributed by atoms with Gasteiger partial charge in [0, 0.05) is 31.2 Å². The molecular weight excluding hydrogens is 200 g/mol. The fraction of sp³-hybridized carbons (Fsp3) is 1.00. The summed E-state index contributed by atoms with van der Waals surface area (Å²) in [5.74, 6) is 0. The summed E-state index contributed by atoms with van der Waals surface area (Å²) in [5.41, 5.74) is 0. The molecule has 0 aromatic carbocycles. The molecule has 2 nitrogen and oxygen atoms in total. The topological polar surface area (TPSA) is 6.48 Å². The van der Waals surface area contributed by atoms with E-state index < -0.39 is 0 Å². The average molecular weight is 220 g/mol. The normalized spacial score (nSPS) is 32.8. The van der Waals surface area contributed by atoms with Crippen molar-refractivity contribution in [2.45, 2.75) is 45.8 Å². The van der Waals surface area contributed by atoms with E-state index in [9.17, 15) is 0 Å². The Labute approximate surface area is 91.0 Å². The molecule has 0 aromatic rings. The van der Waals surface area contributed by atoms with Gasteiger partial charge < -0.3 is 0 Å². The molecule has 0 radical (unpaired) electrons. The van der Waals surface area contributed by atoms with E-state index in [1.54, 1.807) is 11.0 Å². The molecule has 0 bridgehead atoms. The van der Waals surface area contributed by atoms with Crippen molar-refractivity contribution in [3.8, 4) is 0 Å². The van der Waals surface area contributed by atoms with Crippen LogP contribution in [0.15, 0.2) is 0 Å². The van der Waals surface area contributed by atoms with Crippen LogP contribution >= 0.6 is 22.6 Å². The third-order valence-electron chi connectivity index (χ3n) is 2.69. The van der Waals surface area contributed by atoms with Crippen molar-refractivity contribution in [3.05, 3.63) is 0 Å². The molecule has 4 heteroatoms. The summed E-state index contributed by atoms with van der Waals surface area (Å²) in [5, 5.41) is 0. The summed E-state index contributed by atoms with van der Waals surface area (Å²) >= 11 is 4.29. The van der Waals surface area contributed by atoms with E-state index in [0.717, 1.165) is 13.1 Å². The first kappa shape index (κ1) is 11.7. The highest BCUT2D eigenvalue weighted by Crippen LogP contribution is 2.26. The monoisotopic (exact) mass is 220 g/mol. The second-order valence-corrected chi connectivity index (χ2v) is 5.26. The Morgan fingerprint density at radius 1 is 1.23 bits per heavy atom. The number of thiol groups is 1. The van der Waals surface area contributed by atoms with Crippen LogP contribution < -0.4 is 0 Å². The molecular formula is C9H20N2S2. The summed E-state index contributed by atoms with van der Waals surface area (Å²) < 4.78 is 2.38. The van der Waals surface area contributed by atoms with Crippen LogP contribution in [0.4, 0.5) is 0 Å². The van der Waals surface area contributed by atoms with Crippen LogP contribution in [0, 0.1) is 0 Å². The SMILES string of the molecule is CC(C)N1CC(C)N(SS)C(C)C1. The van der Waals surface area contributed by atoms with Crippen molar-refractivity contribution in [2.75, 3.05) is 13.1 Å². The summed E-state index contributed by atoms with van der Waals surface area (Å²) in [6, 6.07) is 1.87. The maximum absolute atomic E-state index is 4.29. The van der Waals surface area contributed by atoms with Crippen molar-refractivity contribution in [1.29, 1.82) is 0 Å². The molecule has 13 heavy (non-hydrogen) atoms. The Hall–Kier alpha value is 0.620. The van der Waals surface area contributed by atoms with Crippen molar-refractivity contribution in [2.24, 2.45) is 0 Å². The van der Waals surface area contributed by atoms with Gasteiger partial charge in [0.15, 0.2) is 0 Å². The van der Waals surface area contributed by atoms with Crippen molar-refractivity contribution < 1.29 is 0 Å². The van der Waals surface area contributed by atoms with E-state index in [-0.39, 0.29) is 0 Å². The van der Waals surface area contributed by atoms with Gasteiger partial charge >= 0.3 is 0 Å². The molecule has 1 aliphatic rings. The maximum Gasteiger partial charge on any atom is 0.0313 e. The molecule has 1 saturated heterocycles. The number of rotatable bonds is 2. The number of hydrogen-bond acceptors (Lipinski definition) is 4. The molecule has 1 rings (SSSR count). The molecule has 1 fully saturated rings. The zero-order chi connectivity index (χ0) is 10.0. The molecule has 1 aliphatic heterocycles. The third-order valence-corrected chi connectivity index (χ3v) is 4.16. The van der Waals surface area contributed by atoms with E-state index in [1.807, 2.05) is 0 Å². The lowest BCUT2D eigenvalue weighted by Crippen LogP contribution is -2.55. The van der Waals surface area contributed by atoms with Crippen LogP contribution in [0.25, 0.3) is 0 Å². The Morgan fingerprint density at radius 2 is 1.69 bits per heavy atom. The second-order valence-electron chi connectivity index (χ2n) is 4.19. The van der Waals surface area contributed by atoms with Crippen LogP contribution in [-0.2, 0) is 0 Å². The second kappa shape index (κ2) is 4.91. The molecule has 0 amide bonds. The van der Waals surface area contributed by atoms with Gasteiger partial charge in [0.1, 0.15) is 0 Å². The third kappa shape index (κ3) is 2.78. The first-order chi connectivity index (χ1) is 6.06. The molecule has 0 N–H and O–H groups in total. The van der Waals surface area contributed by atoms with E-state index in [4.69, 9.17) is 0 Å². The molecule has 0 aromatic heterocycles. The minimum Gasteiger partial charge on any atom is -0.298 e. The Morgan fingerprint density at radius 3 is 2.00 bits per heavy atom. The van der Waals surface area contributed by atoms with E-state index in [1.165, 1.54) is 0 Å². The fourth-order valence-electron chi connectivity index (χ4n) is 1.93. The quantitative estimate of drug-likeness (QED) is 0.434. The molecule has 0 aliphatic carbocycles. The summed E-state index contributed by atoms with van der Waals surface area (Å²) in [4.78, 5) is 2.54. The van der Waals surface area contributed by atoms with E-state index in [0.29, 0.717) is 18.1 Å². The maximum atomic E-state index is 4.29. The highest BCUT2D eigenvalue weighted by molar-refractivity contribution is 8.67. The Balaban J connectivity index is 2.56. The van der Waals surface area contributed by atoms with Crippen LogP contribution in [-0.4, -0.2) is 40.4 Å². The molecule has 1 heterocycles. The standard InChI is InChI=1S/C9H20N2S2/c1-7(2)10-5-8(3)11(13-12)9(4)6-10/h7-9,12H,5-6H2,1-4H3. The van der Waals surface area contributed by atoms with Crippen LogP contribution in [0.2, 0.25) is 0 Å². The lowest BCUT2D eigenvalue weighted by molar-refractivity contribution is 0.0870. The number of piperazine rings is 1. The zero-order valence-corrected chi connectivity index (χ0v) is 10.6. The highest BCUT2D eigenvalue weighted by atomic mass is 33.1. The number of nitrogens with zero attached hydrogens (tertiary/aromatic N) is 2. The summed E-state index contributed by atoms with van der Waals surface area (Å²) in [6.45, 7) is 11.4. The van der Waals surface area contributed by atoms with E-state index in [2.05, 4.69) is 48.6 Å². The van der Waals surface area contributed by atoms with Gasteiger partial charge in [-0.1, -0.05) is 11.7 Å². The smallest absolute Gasteiger partial charge is 0.0313 e. The predicted molar refractivity (Wildman–Crippen MR) is 64.0 cm³/mol. The van der Waals surface area contributed by atoms with Crippen LogP contribution in [0.1, 0.15) is 27.7 Å². The van der Waals surface area contributed by atoms with Crippen molar-refractivity contribution in [3.63, 3.8) is 0 Å². The minimum atomic E-state index is 0.605. The first-order valence-electron chi connectivity index (χ1n) is 4.90. The first-order valence-corrected chi connectivity index (χ1v) is 6.72. The van der Waals surface area contributed by atoms with Gasteiger partial charge in [-0.3, -0.25) is 4.90 Å². The van der Waals surface area contributed by atoms with Crippen molar-refractivity contribution in [1.82, 2.24) is 9.21 Å². The van der Waals surface area contributed by atoms with Gasteiger partial charge in [-0.2, -0.15) is 0 Å². The largest absolute Gasteiger partial charge is 0.298 e. The van der Waals surface area contributed by atoms with Gasteiger partial charge in [-0.05, 0) is 38.7 Å². The van der Waals surface area contributed by atoms with Gasteiger partial charge in [0.05, 0.1) is 0 Å². The highest BCUT2D eigenvalue weighted by Gasteiger charge is 2.30. The molecule has 2 atom stereocenters. The van der Waals surface area contributed by atoms with Gasteiger partial charge in [0.2, 0.25) is 0 Å². The molecule has 2 unspecified atom stereocenters. The fourth-order valence-corrected chi connectivity index (χ4v) is 3.35. The lowest BCUT2D eigenvalue weighted by Gasteiger charge is -2.44. The van der Waals surface area contributed by atoms with Crippen LogP contribution in [0.5, 0.6) is 0 Å². The van der Waals surface area contributed by atoms with Crippen LogP contribution in [0.3, 0.4) is 0 Å². The Bertz CT molecular complexity index is 152. The predicted octanol–water partition coefficient (Wildman–Crippen LogP) is 2.28. The lowest BCUT2D eigenvalue weighted by atomic mass is 10.1. The molecule has 78 valence electrons. The van der Waals surface area contributed by atoms with Gasteiger partial charge in [0.25, 0.3) is 0 Å². The van der Waals surface area contributed by atoms with Gasteiger partial charge in [-0.25, -0.2) is 4.31 Å². The summed E-state index contributed by atoms with van der Waals surface area (Å²) in [7, 11) is 1.58. The Kier molecular flexibility index (Phi) is 4.42. The molecule has 0 saturated carbocycles. The average Bonchev–Trinajstić information content (AvgIpc) is 2.03. The van der Waals surface area contributed by atoms with Crippen molar-refractivity contribution >= 4 is 22.6 Å². The molecule has 0 spiro atoms. The number of hydrogen-bond donors (Lipinski definition) is 1. The summed E-state index contributed by atoms with van der Waals surface area (Å²) in [6.07, 6.45) is 0. The van der Waals surface area contributed by atoms with Gasteiger partial charge in [-0.15, -0.1) is 0 Å². The minimum absolute atomic E-state index is 0.605. The zero-order valence-electron chi connectivity index (χ0n) is 8.90.